The Morgan fingerprint density at radius 2 is 1.92 bits per heavy atom. The van der Waals surface area contributed by atoms with Crippen molar-refractivity contribution in [1.29, 1.82) is 0 Å². The first-order valence-electron chi connectivity index (χ1n) is 13.8. The molecule has 2 N–H and O–H groups in total. The second kappa shape index (κ2) is 10.6. The van der Waals surface area contributed by atoms with E-state index < -0.39 is 47.6 Å². The highest BCUT2D eigenvalue weighted by molar-refractivity contribution is 5.86. The molecule has 1 aliphatic carbocycles. The number of aliphatic hydroxyl groups excluding tert-OH is 1. The van der Waals surface area contributed by atoms with Gasteiger partial charge in [-0.3, -0.25) is 9.69 Å². The fourth-order valence-corrected chi connectivity index (χ4v) is 6.71. The predicted octanol–water partition coefficient (Wildman–Crippen LogP) is 2.96. The van der Waals surface area contributed by atoms with Crippen LogP contribution in [0, 0.1) is 5.92 Å². The molecule has 39 heavy (non-hydrogen) atoms. The maximum atomic E-state index is 13.8. The lowest BCUT2D eigenvalue weighted by molar-refractivity contribution is -0.178. The van der Waals surface area contributed by atoms with E-state index in [1.165, 1.54) is 14.2 Å². The number of benzene rings is 1. The van der Waals surface area contributed by atoms with Crippen LogP contribution in [0.4, 0.5) is 0 Å². The Morgan fingerprint density at radius 1 is 1.21 bits per heavy atom. The van der Waals surface area contributed by atoms with Crippen LogP contribution >= 0.6 is 0 Å². The maximum Gasteiger partial charge on any atom is 0.339 e. The van der Waals surface area contributed by atoms with Crippen LogP contribution in [-0.4, -0.2) is 78.4 Å². The van der Waals surface area contributed by atoms with Gasteiger partial charge in [0.2, 0.25) is 6.79 Å². The number of carbonyl (C=O) groups excluding carboxylic acids is 2. The summed E-state index contributed by atoms with van der Waals surface area (Å²) in [5, 5.41) is 22.8. The van der Waals surface area contributed by atoms with Gasteiger partial charge in [0.1, 0.15) is 5.76 Å². The number of rotatable bonds is 9. The van der Waals surface area contributed by atoms with Crippen molar-refractivity contribution in [3.05, 3.63) is 35.1 Å². The molecule has 0 aromatic heterocycles. The summed E-state index contributed by atoms with van der Waals surface area (Å²) in [5.74, 6) is -0.0413. The third-order valence-electron chi connectivity index (χ3n) is 8.66. The Hall–Kier alpha value is -2.82. The quantitative estimate of drug-likeness (QED) is 0.448. The van der Waals surface area contributed by atoms with Gasteiger partial charge in [0.15, 0.2) is 23.2 Å². The first kappa shape index (κ1) is 27.7. The van der Waals surface area contributed by atoms with Gasteiger partial charge in [0, 0.05) is 6.54 Å². The zero-order chi connectivity index (χ0) is 27.9. The zero-order valence-corrected chi connectivity index (χ0v) is 23.1. The van der Waals surface area contributed by atoms with E-state index in [1.54, 1.807) is 6.07 Å². The van der Waals surface area contributed by atoms with E-state index in [1.807, 2.05) is 12.1 Å². The van der Waals surface area contributed by atoms with E-state index in [0.717, 1.165) is 31.4 Å². The van der Waals surface area contributed by atoms with Crippen LogP contribution in [0.25, 0.3) is 0 Å². The smallest absolute Gasteiger partial charge is 0.339 e. The Bertz CT molecular complexity index is 1150. The highest BCUT2D eigenvalue weighted by Crippen LogP contribution is 2.57. The van der Waals surface area contributed by atoms with E-state index >= 15 is 0 Å². The van der Waals surface area contributed by atoms with Crippen molar-refractivity contribution in [1.82, 2.24) is 4.90 Å². The van der Waals surface area contributed by atoms with Gasteiger partial charge in [-0.2, -0.15) is 0 Å². The number of ether oxygens (including phenoxy) is 5. The molecular formula is C29H39NO9. The molecule has 0 amide bonds. The van der Waals surface area contributed by atoms with Crippen LogP contribution in [0.15, 0.2) is 24.0 Å². The number of β-amino-alcohol motifs (C(OH)–C–C–N with tert-alkyl or cyclic N) is 1. The van der Waals surface area contributed by atoms with Crippen LogP contribution < -0.4 is 9.47 Å². The van der Waals surface area contributed by atoms with E-state index in [-0.39, 0.29) is 13.2 Å². The van der Waals surface area contributed by atoms with Crippen molar-refractivity contribution in [3.8, 4) is 11.5 Å². The first-order valence-corrected chi connectivity index (χ1v) is 13.8. The lowest BCUT2D eigenvalue weighted by Gasteiger charge is -2.39. The number of methoxy groups -OCH3 is 2. The lowest BCUT2D eigenvalue weighted by atomic mass is 9.77. The lowest BCUT2D eigenvalue weighted by Crippen LogP contribution is -2.49. The summed E-state index contributed by atoms with van der Waals surface area (Å²) in [6, 6.07) is 3.67. The van der Waals surface area contributed by atoms with E-state index in [0.29, 0.717) is 41.7 Å². The number of esters is 2. The van der Waals surface area contributed by atoms with Crippen molar-refractivity contribution >= 4 is 11.9 Å². The fourth-order valence-electron chi connectivity index (χ4n) is 6.71. The van der Waals surface area contributed by atoms with E-state index in [4.69, 9.17) is 23.7 Å². The first-order chi connectivity index (χ1) is 18.6. The highest BCUT2D eigenvalue weighted by Gasteiger charge is 2.60. The summed E-state index contributed by atoms with van der Waals surface area (Å²) in [6.45, 7) is 5.38. The fraction of sp³-hybridized carbons (Fsp3) is 0.655. The van der Waals surface area contributed by atoms with Crippen molar-refractivity contribution < 1.29 is 43.5 Å². The molecule has 4 aliphatic rings. The van der Waals surface area contributed by atoms with Crippen LogP contribution in [0.3, 0.4) is 0 Å². The second-order valence-corrected chi connectivity index (χ2v) is 11.5. The van der Waals surface area contributed by atoms with Gasteiger partial charge in [0.05, 0.1) is 38.2 Å². The molecule has 10 heteroatoms. The van der Waals surface area contributed by atoms with Gasteiger partial charge in [-0.15, -0.1) is 0 Å². The molecule has 5 atom stereocenters. The number of hydrogen-bond donors (Lipinski definition) is 2. The standard InChI is InChI=1S/C29H39NO9/c1-17(2)7-5-9-29(34,14-24(32)36-4)27(33)39-26-23(35-3)13-28-8-6-10-30(28)15-20(31)18-11-21-22(38-16-37-21)12-19(18)25(26)28/h11-13,17,20,25-26,31,34H,5-10,14-16H2,1-4H3/t20-,25-,26-,28+,29-/m1/s1. The minimum Gasteiger partial charge on any atom is -0.497 e. The van der Waals surface area contributed by atoms with Crippen LogP contribution in [0.1, 0.15) is 75.5 Å². The average Bonchev–Trinajstić information content (AvgIpc) is 3.58. The van der Waals surface area contributed by atoms with Gasteiger partial charge in [-0.1, -0.05) is 20.3 Å². The molecule has 1 fully saturated rings. The summed E-state index contributed by atoms with van der Waals surface area (Å²) in [4.78, 5) is 28.2. The Balaban J connectivity index is 1.54. The van der Waals surface area contributed by atoms with E-state index in [2.05, 4.69) is 18.7 Å². The molecule has 0 unspecified atom stereocenters. The minimum absolute atomic E-state index is 0.0633. The number of nitrogens with zero attached hydrogens (tertiary/aromatic N) is 1. The zero-order valence-electron chi connectivity index (χ0n) is 23.1. The van der Waals surface area contributed by atoms with Gasteiger partial charge >= 0.3 is 11.9 Å². The summed E-state index contributed by atoms with van der Waals surface area (Å²) < 4.78 is 28.0. The molecule has 1 spiro atoms. The van der Waals surface area contributed by atoms with Crippen LogP contribution in [0.5, 0.6) is 11.5 Å². The third-order valence-corrected chi connectivity index (χ3v) is 8.66. The number of aliphatic hydroxyl groups is 2. The highest BCUT2D eigenvalue weighted by atomic mass is 16.7. The number of fused-ring (bicyclic) bond motifs is 3. The van der Waals surface area contributed by atoms with Crippen LogP contribution in [-0.2, 0) is 23.8 Å². The topological polar surface area (TPSA) is 124 Å². The van der Waals surface area contributed by atoms with Crippen molar-refractivity contribution in [3.63, 3.8) is 0 Å². The number of carbonyl (C=O) groups is 2. The normalized spacial score (nSPS) is 28.6. The monoisotopic (exact) mass is 545 g/mol. The largest absolute Gasteiger partial charge is 0.497 e. The molecule has 0 saturated carbocycles. The second-order valence-electron chi connectivity index (χ2n) is 11.5. The van der Waals surface area contributed by atoms with Gasteiger partial charge in [-0.05, 0) is 67.5 Å². The Kier molecular flexibility index (Phi) is 7.56. The molecule has 10 nitrogen and oxygen atoms in total. The van der Waals surface area contributed by atoms with Gasteiger partial charge in [0.25, 0.3) is 0 Å². The summed E-state index contributed by atoms with van der Waals surface area (Å²) in [7, 11) is 2.76. The minimum atomic E-state index is -2.05. The molecule has 0 radical (unpaired) electrons. The average molecular weight is 546 g/mol. The summed E-state index contributed by atoms with van der Waals surface area (Å²) >= 11 is 0. The van der Waals surface area contributed by atoms with Gasteiger partial charge < -0.3 is 33.9 Å². The molecule has 0 bridgehead atoms. The Labute approximate surface area is 228 Å². The SMILES string of the molecule is COC(=O)C[C@](O)(CCCC(C)C)C(=O)O[C@@H]1C(OC)=C[C@]23CCCN2C[C@@H](O)c2cc4c(cc2[C@H]13)OCO4. The molecule has 1 aromatic rings. The van der Waals surface area contributed by atoms with Crippen molar-refractivity contribution in [2.45, 2.75) is 81.6 Å². The molecular weight excluding hydrogens is 506 g/mol. The molecule has 214 valence electrons. The summed E-state index contributed by atoms with van der Waals surface area (Å²) in [5.41, 5.74) is -1.14. The number of hydrogen-bond acceptors (Lipinski definition) is 10. The van der Waals surface area contributed by atoms with Gasteiger partial charge in [-0.25, -0.2) is 4.79 Å². The maximum absolute atomic E-state index is 13.8. The molecule has 3 aliphatic heterocycles. The molecule has 1 saturated heterocycles. The van der Waals surface area contributed by atoms with Crippen molar-refractivity contribution in [2.24, 2.45) is 5.92 Å². The summed E-state index contributed by atoms with van der Waals surface area (Å²) in [6.07, 6.45) is 2.90. The third kappa shape index (κ3) is 4.87. The van der Waals surface area contributed by atoms with Crippen molar-refractivity contribution in [2.75, 3.05) is 34.1 Å². The van der Waals surface area contributed by atoms with Crippen LogP contribution in [0.2, 0.25) is 0 Å². The molecule has 3 heterocycles. The molecule has 1 aromatic carbocycles. The molecule has 5 rings (SSSR count). The van der Waals surface area contributed by atoms with E-state index in [9.17, 15) is 19.8 Å². The predicted molar refractivity (Wildman–Crippen MR) is 139 cm³/mol. The Morgan fingerprint density at radius 3 is 2.59 bits per heavy atom.